The Morgan fingerprint density at radius 3 is 2.65 bits per heavy atom. The van der Waals surface area contributed by atoms with Gasteiger partial charge in [-0.15, -0.1) is 0 Å². The highest BCUT2D eigenvalue weighted by Crippen LogP contribution is 2.08. The number of amides is 1. The molecular formula is C12H18N2O3. The van der Waals surface area contributed by atoms with Crippen molar-refractivity contribution in [1.82, 2.24) is 9.88 Å². The normalized spacial score (nSPS) is 11.3. The van der Waals surface area contributed by atoms with E-state index in [4.69, 9.17) is 0 Å². The number of hydrogen-bond acceptors (Lipinski definition) is 3. The molecule has 17 heavy (non-hydrogen) atoms. The Bertz CT molecular complexity index is 446. The minimum absolute atomic E-state index is 0.231. The molecule has 0 atom stereocenters. The summed E-state index contributed by atoms with van der Waals surface area (Å²) in [6.45, 7) is 5.82. The summed E-state index contributed by atoms with van der Waals surface area (Å²) in [6, 6.07) is 2.81. The van der Waals surface area contributed by atoms with Crippen LogP contribution < -0.4 is 5.56 Å². The summed E-state index contributed by atoms with van der Waals surface area (Å²) in [7, 11) is 0. The highest BCUT2D eigenvalue weighted by atomic mass is 16.3. The fourth-order valence-corrected chi connectivity index (χ4v) is 1.55. The van der Waals surface area contributed by atoms with Gasteiger partial charge in [-0.25, -0.2) is 0 Å². The van der Waals surface area contributed by atoms with Gasteiger partial charge in [-0.2, -0.15) is 0 Å². The molecule has 0 aliphatic carbocycles. The quantitative estimate of drug-likeness (QED) is 0.807. The lowest BCUT2D eigenvalue weighted by Crippen LogP contribution is -2.42. The molecule has 0 aromatic carbocycles. The smallest absolute Gasteiger partial charge is 0.254 e. The van der Waals surface area contributed by atoms with Crippen molar-refractivity contribution in [3.8, 4) is 0 Å². The molecule has 0 unspecified atom stereocenters. The predicted octanol–water partition coefficient (Wildman–Crippen LogP) is 0.608. The van der Waals surface area contributed by atoms with Gasteiger partial charge < -0.3 is 15.0 Å². The molecule has 1 rings (SSSR count). The first kappa shape index (κ1) is 13.4. The van der Waals surface area contributed by atoms with Gasteiger partial charge in [0.05, 0.1) is 5.60 Å². The standard InChI is InChI=1S/C12H18N2O3/c1-4-14(8-12(2,3)17)11(16)9-5-6-13-10(15)7-9/h5-7,17H,4,8H2,1-3H3,(H,13,15). The van der Waals surface area contributed by atoms with E-state index in [2.05, 4.69) is 4.98 Å². The van der Waals surface area contributed by atoms with Gasteiger partial charge in [-0.05, 0) is 26.8 Å². The highest BCUT2D eigenvalue weighted by Gasteiger charge is 2.22. The summed E-state index contributed by atoms with van der Waals surface area (Å²) in [5.41, 5.74) is -0.928. The van der Waals surface area contributed by atoms with Crippen LogP contribution in [0.1, 0.15) is 31.1 Å². The van der Waals surface area contributed by atoms with E-state index in [-0.39, 0.29) is 18.0 Å². The fourth-order valence-electron chi connectivity index (χ4n) is 1.55. The van der Waals surface area contributed by atoms with E-state index in [1.807, 2.05) is 6.92 Å². The lowest BCUT2D eigenvalue weighted by atomic mass is 10.1. The lowest BCUT2D eigenvalue weighted by Gasteiger charge is -2.28. The van der Waals surface area contributed by atoms with Gasteiger partial charge in [0.15, 0.2) is 0 Å². The van der Waals surface area contributed by atoms with Crippen molar-refractivity contribution in [1.29, 1.82) is 0 Å². The van der Waals surface area contributed by atoms with Gasteiger partial charge in [-0.1, -0.05) is 0 Å². The molecule has 0 saturated heterocycles. The van der Waals surface area contributed by atoms with Gasteiger partial charge in [0.25, 0.3) is 5.91 Å². The van der Waals surface area contributed by atoms with Crippen LogP contribution in [0.5, 0.6) is 0 Å². The number of H-pyrrole nitrogens is 1. The summed E-state index contributed by atoms with van der Waals surface area (Å²) in [5.74, 6) is -0.249. The molecule has 0 bridgehead atoms. The number of carbonyl (C=O) groups excluding carboxylic acids is 1. The number of carbonyl (C=O) groups is 1. The zero-order valence-electron chi connectivity index (χ0n) is 10.4. The first-order valence-electron chi connectivity index (χ1n) is 5.54. The van der Waals surface area contributed by atoms with Crippen molar-refractivity contribution in [2.45, 2.75) is 26.4 Å². The van der Waals surface area contributed by atoms with Crippen LogP contribution in [0.25, 0.3) is 0 Å². The molecular weight excluding hydrogens is 220 g/mol. The molecule has 0 spiro atoms. The van der Waals surface area contributed by atoms with Gasteiger partial charge in [-0.3, -0.25) is 9.59 Å². The second kappa shape index (κ2) is 5.14. The van der Waals surface area contributed by atoms with Crippen molar-refractivity contribution in [2.75, 3.05) is 13.1 Å². The number of nitrogens with zero attached hydrogens (tertiary/aromatic N) is 1. The maximum absolute atomic E-state index is 12.1. The minimum Gasteiger partial charge on any atom is -0.389 e. The van der Waals surface area contributed by atoms with E-state index in [0.717, 1.165) is 0 Å². The maximum Gasteiger partial charge on any atom is 0.254 e. The van der Waals surface area contributed by atoms with E-state index >= 15 is 0 Å². The third-order valence-corrected chi connectivity index (χ3v) is 2.27. The average Bonchev–Trinajstić information content (AvgIpc) is 2.23. The van der Waals surface area contributed by atoms with E-state index < -0.39 is 5.60 Å². The molecule has 1 aromatic rings. The first-order chi connectivity index (χ1) is 7.83. The Labute approximate surface area is 100 Å². The number of aromatic nitrogens is 1. The van der Waals surface area contributed by atoms with Crippen LogP contribution in [0.2, 0.25) is 0 Å². The van der Waals surface area contributed by atoms with E-state index in [1.54, 1.807) is 19.9 Å². The minimum atomic E-state index is -0.952. The van der Waals surface area contributed by atoms with Crippen LogP contribution in [0.3, 0.4) is 0 Å². The highest BCUT2D eigenvalue weighted by molar-refractivity contribution is 5.94. The largest absolute Gasteiger partial charge is 0.389 e. The Morgan fingerprint density at radius 2 is 2.18 bits per heavy atom. The molecule has 1 heterocycles. The monoisotopic (exact) mass is 238 g/mol. The first-order valence-corrected chi connectivity index (χ1v) is 5.54. The number of hydrogen-bond donors (Lipinski definition) is 2. The Hall–Kier alpha value is -1.62. The molecule has 0 fully saturated rings. The third kappa shape index (κ3) is 4.03. The van der Waals surface area contributed by atoms with Crippen LogP contribution in [0.4, 0.5) is 0 Å². The molecule has 2 N–H and O–H groups in total. The number of rotatable bonds is 4. The van der Waals surface area contributed by atoms with E-state index in [0.29, 0.717) is 12.1 Å². The second-order valence-corrected chi connectivity index (χ2v) is 4.57. The zero-order chi connectivity index (χ0) is 13.1. The number of pyridine rings is 1. The molecule has 0 radical (unpaired) electrons. The molecule has 5 heteroatoms. The fraction of sp³-hybridized carbons (Fsp3) is 0.500. The van der Waals surface area contributed by atoms with Gasteiger partial charge in [0.2, 0.25) is 5.56 Å². The van der Waals surface area contributed by atoms with Crippen LogP contribution >= 0.6 is 0 Å². The molecule has 94 valence electrons. The molecule has 0 aliphatic heterocycles. The molecule has 5 nitrogen and oxygen atoms in total. The zero-order valence-corrected chi connectivity index (χ0v) is 10.4. The summed E-state index contributed by atoms with van der Waals surface area (Å²) >= 11 is 0. The SMILES string of the molecule is CCN(CC(C)(C)O)C(=O)c1cc[nH]c(=O)c1. The molecule has 0 aliphatic rings. The van der Waals surface area contributed by atoms with Crippen molar-refractivity contribution in [3.63, 3.8) is 0 Å². The predicted molar refractivity (Wildman–Crippen MR) is 64.9 cm³/mol. The number of likely N-dealkylation sites (N-methyl/N-ethyl adjacent to an activating group) is 1. The molecule has 1 amide bonds. The van der Waals surface area contributed by atoms with Gasteiger partial charge in [0, 0.05) is 30.9 Å². The second-order valence-electron chi connectivity index (χ2n) is 4.57. The van der Waals surface area contributed by atoms with Crippen LogP contribution in [-0.2, 0) is 0 Å². The van der Waals surface area contributed by atoms with Crippen LogP contribution in [0.15, 0.2) is 23.1 Å². The molecule has 1 aromatic heterocycles. The Morgan fingerprint density at radius 1 is 1.53 bits per heavy atom. The van der Waals surface area contributed by atoms with Gasteiger partial charge in [0.1, 0.15) is 0 Å². The Balaban J connectivity index is 2.90. The number of nitrogens with one attached hydrogen (secondary N) is 1. The van der Waals surface area contributed by atoms with Crippen LogP contribution in [0, 0.1) is 0 Å². The summed E-state index contributed by atoms with van der Waals surface area (Å²) in [4.78, 5) is 27.1. The summed E-state index contributed by atoms with van der Waals surface area (Å²) in [6.07, 6.45) is 1.44. The van der Waals surface area contributed by atoms with E-state index in [1.165, 1.54) is 17.2 Å². The summed E-state index contributed by atoms with van der Waals surface area (Å²) < 4.78 is 0. The maximum atomic E-state index is 12.1. The van der Waals surface area contributed by atoms with E-state index in [9.17, 15) is 14.7 Å². The van der Waals surface area contributed by atoms with Crippen molar-refractivity contribution < 1.29 is 9.90 Å². The topological polar surface area (TPSA) is 73.4 Å². The van der Waals surface area contributed by atoms with Crippen molar-refractivity contribution in [2.24, 2.45) is 0 Å². The van der Waals surface area contributed by atoms with Gasteiger partial charge >= 0.3 is 0 Å². The third-order valence-electron chi connectivity index (χ3n) is 2.27. The average molecular weight is 238 g/mol. The lowest BCUT2D eigenvalue weighted by molar-refractivity contribution is 0.0314. The number of aliphatic hydroxyl groups is 1. The van der Waals surface area contributed by atoms with Crippen LogP contribution in [-0.4, -0.2) is 39.6 Å². The Kier molecular flexibility index (Phi) is 4.07. The summed E-state index contributed by atoms with van der Waals surface area (Å²) in [5, 5.41) is 9.71. The molecule has 0 saturated carbocycles. The van der Waals surface area contributed by atoms with Crippen molar-refractivity contribution >= 4 is 5.91 Å². The van der Waals surface area contributed by atoms with Crippen molar-refractivity contribution in [3.05, 3.63) is 34.2 Å². The number of aromatic amines is 1.